The van der Waals surface area contributed by atoms with Gasteiger partial charge in [0, 0.05) is 25.6 Å². The highest BCUT2D eigenvalue weighted by molar-refractivity contribution is 5.78. The van der Waals surface area contributed by atoms with Crippen LogP contribution in [0.3, 0.4) is 0 Å². The molecule has 0 saturated heterocycles. The van der Waals surface area contributed by atoms with Crippen molar-refractivity contribution in [2.75, 3.05) is 26.3 Å². The molecule has 0 radical (unpaired) electrons. The molecule has 0 aliphatic heterocycles. The van der Waals surface area contributed by atoms with E-state index in [-0.39, 0.29) is 11.8 Å². The molecular formula is C12H26N2O2. The number of nitrogens with two attached hydrogens (primary N) is 1. The third kappa shape index (κ3) is 7.65. The second-order valence-corrected chi connectivity index (χ2v) is 4.43. The Balaban J connectivity index is 3.40. The maximum absolute atomic E-state index is 11.5. The molecule has 0 fully saturated rings. The number of nitrogens with one attached hydrogen (secondary N) is 1. The predicted octanol–water partition coefficient (Wildman–Crippen LogP) is 1.15. The molecular weight excluding hydrogens is 204 g/mol. The fourth-order valence-electron chi connectivity index (χ4n) is 1.27. The van der Waals surface area contributed by atoms with Gasteiger partial charge in [0.2, 0.25) is 5.91 Å². The Kier molecular flexibility index (Phi) is 9.24. The Morgan fingerprint density at radius 2 is 2.06 bits per heavy atom. The fourth-order valence-corrected chi connectivity index (χ4v) is 1.27. The molecule has 0 aliphatic rings. The van der Waals surface area contributed by atoms with Gasteiger partial charge in [0.05, 0.1) is 6.61 Å². The van der Waals surface area contributed by atoms with Gasteiger partial charge in [-0.05, 0) is 18.8 Å². The Bertz CT molecular complexity index is 180. The highest BCUT2D eigenvalue weighted by Gasteiger charge is 2.12. The van der Waals surface area contributed by atoms with E-state index < -0.39 is 0 Å². The zero-order chi connectivity index (χ0) is 12.4. The van der Waals surface area contributed by atoms with Crippen LogP contribution in [0.25, 0.3) is 0 Å². The van der Waals surface area contributed by atoms with Crippen molar-refractivity contribution in [1.29, 1.82) is 0 Å². The largest absolute Gasteiger partial charge is 0.380 e. The Morgan fingerprint density at radius 3 is 2.56 bits per heavy atom. The van der Waals surface area contributed by atoms with E-state index in [1.165, 1.54) is 0 Å². The number of hydrogen-bond acceptors (Lipinski definition) is 3. The highest BCUT2D eigenvalue weighted by atomic mass is 16.5. The van der Waals surface area contributed by atoms with Crippen molar-refractivity contribution in [3.8, 4) is 0 Å². The van der Waals surface area contributed by atoms with E-state index in [9.17, 15) is 4.79 Å². The van der Waals surface area contributed by atoms with E-state index in [1.54, 1.807) is 0 Å². The summed E-state index contributed by atoms with van der Waals surface area (Å²) in [6.45, 7) is 8.64. The number of hydrogen-bond donors (Lipinski definition) is 2. The summed E-state index contributed by atoms with van der Waals surface area (Å²) in [5.74, 6) is 0.643. The number of rotatable bonds is 9. The molecule has 96 valence electrons. The van der Waals surface area contributed by atoms with E-state index in [1.807, 2.05) is 6.92 Å². The van der Waals surface area contributed by atoms with Gasteiger partial charge in [-0.2, -0.15) is 0 Å². The lowest BCUT2D eigenvalue weighted by Crippen LogP contribution is -2.36. The summed E-state index contributed by atoms with van der Waals surface area (Å²) in [6, 6.07) is 0. The van der Waals surface area contributed by atoms with Crippen molar-refractivity contribution in [3.63, 3.8) is 0 Å². The second kappa shape index (κ2) is 9.60. The molecule has 1 unspecified atom stereocenters. The van der Waals surface area contributed by atoms with Crippen molar-refractivity contribution in [3.05, 3.63) is 0 Å². The average Bonchev–Trinajstić information content (AvgIpc) is 2.24. The lowest BCUT2D eigenvalue weighted by Gasteiger charge is -2.12. The molecule has 0 bridgehead atoms. The van der Waals surface area contributed by atoms with Crippen molar-refractivity contribution in [2.45, 2.75) is 33.6 Å². The fraction of sp³-hybridized carbons (Fsp3) is 0.917. The van der Waals surface area contributed by atoms with E-state index in [2.05, 4.69) is 19.2 Å². The molecule has 0 rings (SSSR count). The molecule has 0 heterocycles. The van der Waals surface area contributed by atoms with Crippen LogP contribution >= 0.6 is 0 Å². The molecule has 0 spiro atoms. The standard InChI is InChI=1S/C12H26N2O2/c1-4-11(9-13)12(15)14-6-8-16-7-5-10(2)3/h10-11H,4-9,13H2,1-3H3,(H,14,15). The third-order valence-corrected chi connectivity index (χ3v) is 2.53. The lowest BCUT2D eigenvalue weighted by atomic mass is 10.1. The Labute approximate surface area is 98.9 Å². The minimum absolute atomic E-state index is 0.0393. The van der Waals surface area contributed by atoms with Crippen LogP contribution in [-0.4, -0.2) is 32.2 Å². The first-order chi connectivity index (χ1) is 7.61. The average molecular weight is 230 g/mol. The third-order valence-electron chi connectivity index (χ3n) is 2.53. The second-order valence-electron chi connectivity index (χ2n) is 4.43. The van der Waals surface area contributed by atoms with Crippen LogP contribution in [-0.2, 0) is 9.53 Å². The monoisotopic (exact) mass is 230 g/mol. The lowest BCUT2D eigenvalue weighted by molar-refractivity contribution is -0.125. The van der Waals surface area contributed by atoms with Gasteiger partial charge in [0.25, 0.3) is 0 Å². The van der Waals surface area contributed by atoms with E-state index >= 15 is 0 Å². The van der Waals surface area contributed by atoms with Gasteiger partial charge in [-0.3, -0.25) is 4.79 Å². The smallest absolute Gasteiger partial charge is 0.224 e. The van der Waals surface area contributed by atoms with Crippen LogP contribution in [0, 0.1) is 11.8 Å². The van der Waals surface area contributed by atoms with Gasteiger partial charge in [0.15, 0.2) is 0 Å². The molecule has 4 heteroatoms. The van der Waals surface area contributed by atoms with Gasteiger partial charge in [-0.15, -0.1) is 0 Å². The maximum atomic E-state index is 11.5. The normalized spacial score (nSPS) is 12.8. The molecule has 0 aromatic carbocycles. The first-order valence-corrected chi connectivity index (χ1v) is 6.17. The van der Waals surface area contributed by atoms with Gasteiger partial charge >= 0.3 is 0 Å². The van der Waals surface area contributed by atoms with Crippen LogP contribution in [0.15, 0.2) is 0 Å². The molecule has 0 aromatic rings. The van der Waals surface area contributed by atoms with Crippen LogP contribution in [0.5, 0.6) is 0 Å². The minimum Gasteiger partial charge on any atom is -0.380 e. The SMILES string of the molecule is CCC(CN)C(=O)NCCOCCC(C)C. The molecule has 1 atom stereocenters. The van der Waals surface area contributed by atoms with Crippen molar-refractivity contribution >= 4 is 5.91 Å². The molecule has 0 saturated carbocycles. The zero-order valence-electron chi connectivity index (χ0n) is 10.8. The predicted molar refractivity (Wildman–Crippen MR) is 66.1 cm³/mol. The van der Waals surface area contributed by atoms with Gasteiger partial charge < -0.3 is 15.8 Å². The Morgan fingerprint density at radius 1 is 1.38 bits per heavy atom. The van der Waals surface area contributed by atoms with Gasteiger partial charge in [-0.1, -0.05) is 20.8 Å². The quantitative estimate of drug-likeness (QED) is 0.584. The summed E-state index contributed by atoms with van der Waals surface area (Å²) in [4.78, 5) is 11.5. The topological polar surface area (TPSA) is 64.4 Å². The van der Waals surface area contributed by atoms with Gasteiger partial charge in [-0.25, -0.2) is 0 Å². The number of carbonyl (C=O) groups excluding carboxylic acids is 1. The van der Waals surface area contributed by atoms with Crippen molar-refractivity contribution < 1.29 is 9.53 Å². The van der Waals surface area contributed by atoms with Crippen LogP contribution < -0.4 is 11.1 Å². The molecule has 16 heavy (non-hydrogen) atoms. The number of carbonyl (C=O) groups is 1. The summed E-state index contributed by atoms with van der Waals surface area (Å²) in [7, 11) is 0. The molecule has 0 aromatic heterocycles. The van der Waals surface area contributed by atoms with E-state index in [0.29, 0.717) is 25.6 Å². The van der Waals surface area contributed by atoms with Crippen LogP contribution in [0.4, 0.5) is 0 Å². The first kappa shape index (κ1) is 15.4. The molecule has 1 amide bonds. The maximum Gasteiger partial charge on any atom is 0.224 e. The molecule has 0 aliphatic carbocycles. The number of amides is 1. The summed E-state index contributed by atoms with van der Waals surface area (Å²) >= 11 is 0. The first-order valence-electron chi connectivity index (χ1n) is 6.17. The highest BCUT2D eigenvalue weighted by Crippen LogP contribution is 2.00. The van der Waals surface area contributed by atoms with Crippen molar-refractivity contribution in [1.82, 2.24) is 5.32 Å². The molecule has 3 N–H and O–H groups in total. The van der Waals surface area contributed by atoms with E-state index in [4.69, 9.17) is 10.5 Å². The summed E-state index contributed by atoms with van der Waals surface area (Å²) in [6.07, 6.45) is 1.85. The summed E-state index contributed by atoms with van der Waals surface area (Å²) < 4.78 is 5.40. The van der Waals surface area contributed by atoms with Crippen molar-refractivity contribution in [2.24, 2.45) is 17.6 Å². The van der Waals surface area contributed by atoms with Crippen LogP contribution in [0.1, 0.15) is 33.6 Å². The molecule has 4 nitrogen and oxygen atoms in total. The van der Waals surface area contributed by atoms with Crippen LogP contribution in [0.2, 0.25) is 0 Å². The van der Waals surface area contributed by atoms with E-state index in [0.717, 1.165) is 19.4 Å². The number of ether oxygens (including phenoxy) is 1. The van der Waals surface area contributed by atoms with Gasteiger partial charge in [0.1, 0.15) is 0 Å². The minimum atomic E-state index is -0.0596. The Hall–Kier alpha value is -0.610. The summed E-state index contributed by atoms with van der Waals surface area (Å²) in [5, 5.41) is 2.83. The zero-order valence-corrected chi connectivity index (χ0v) is 10.8. The summed E-state index contributed by atoms with van der Waals surface area (Å²) in [5.41, 5.74) is 5.48.